The Bertz CT molecular complexity index is 401. The molecule has 1 aromatic rings. The van der Waals surface area contributed by atoms with Crippen LogP contribution in [0.5, 0.6) is 17.2 Å². The Morgan fingerprint density at radius 1 is 1.25 bits per heavy atom. The summed E-state index contributed by atoms with van der Waals surface area (Å²) in [6.45, 7) is 0.760. The standard InChI is InChI=1S/C11H13NO4/c13-6-4-8(14)10(9(15)5-6)11(16)7-2-1-3-12-7/h4-5,7,12-15H,1-3H2. The number of benzene rings is 1. The highest BCUT2D eigenvalue weighted by Crippen LogP contribution is 2.33. The van der Waals surface area contributed by atoms with E-state index in [1.165, 1.54) is 0 Å². The van der Waals surface area contributed by atoms with Gasteiger partial charge < -0.3 is 20.6 Å². The first-order chi connectivity index (χ1) is 7.59. The van der Waals surface area contributed by atoms with Crippen LogP contribution in [0.15, 0.2) is 12.1 Å². The first-order valence-corrected chi connectivity index (χ1v) is 5.12. The van der Waals surface area contributed by atoms with E-state index in [0.29, 0.717) is 6.42 Å². The van der Waals surface area contributed by atoms with Gasteiger partial charge in [0.2, 0.25) is 0 Å². The molecule has 5 nitrogen and oxygen atoms in total. The van der Waals surface area contributed by atoms with Crippen LogP contribution >= 0.6 is 0 Å². The van der Waals surface area contributed by atoms with E-state index in [9.17, 15) is 15.0 Å². The number of rotatable bonds is 2. The Hall–Kier alpha value is -1.75. The van der Waals surface area contributed by atoms with Gasteiger partial charge in [0, 0.05) is 12.1 Å². The maximum Gasteiger partial charge on any atom is 0.187 e. The highest BCUT2D eigenvalue weighted by Gasteiger charge is 2.27. The molecule has 4 N–H and O–H groups in total. The largest absolute Gasteiger partial charge is 0.508 e. The second-order valence-electron chi connectivity index (χ2n) is 3.87. The molecule has 2 rings (SSSR count). The fourth-order valence-electron chi connectivity index (χ4n) is 1.93. The summed E-state index contributed by atoms with van der Waals surface area (Å²) in [5.74, 6) is -1.40. The number of aromatic hydroxyl groups is 3. The first-order valence-electron chi connectivity index (χ1n) is 5.12. The zero-order chi connectivity index (χ0) is 11.7. The smallest absolute Gasteiger partial charge is 0.187 e. The minimum Gasteiger partial charge on any atom is -0.508 e. The molecule has 1 atom stereocenters. The quantitative estimate of drug-likeness (QED) is 0.555. The number of hydrogen-bond acceptors (Lipinski definition) is 5. The molecule has 0 bridgehead atoms. The van der Waals surface area contributed by atoms with Crippen LogP contribution in [0.2, 0.25) is 0 Å². The van der Waals surface area contributed by atoms with Gasteiger partial charge >= 0.3 is 0 Å². The van der Waals surface area contributed by atoms with Crippen LogP contribution in [0.4, 0.5) is 0 Å². The van der Waals surface area contributed by atoms with Crippen molar-refractivity contribution in [3.63, 3.8) is 0 Å². The number of nitrogens with one attached hydrogen (secondary N) is 1. The number of phenols is 3. The molecular formula is C11H13NO4. The minimum atomic E-state index is -0.392. The summed E-state index contributed by atoms with van der Waals surface area (Å²) in [6, 6.07) is 1.73. The van der Waals surface area contributed by atoms with Crippen molar-refractivity contribution in [2.75, 3.05) is 6.54 Å². The number of Topliss-reactive ketones (excluding diaryl/α,β-unsaturated/α-hetero) is 1. The lowest BCUT2D eigenvalue weighted by Gasteiger charge is -2.12. The number of carbonyl (C=O) groups excluding carboxylic acids is 1. The van der Waals surface area contributed by atoms with Gasteiger partial charge in [-0.05, 0) is 19.4 Å². The summed E-state index contributed by atoms with van der Waals surface area (Å²) < 4.78 is 0. The third kappa shape index (κ3) is 1.81. The molecule has 0 aromatic heterocycles. The van der Waals surface area contributed by atoms with Gasteiger partial charge in [-0.15, -0.1) is 0 Å². The van der Waals surface area contributed by atoms with Gasteiger partial charge in [0.1, 0.15) is 22.8 Å². The minimum absolute atomic E-state index is 0.128. The summed E-state index contributed by atoms with van der Waals surface area (Å²) in [5.41, 5.74) is -0.128. The van der Waals surface area contributed by atoms with Crippen molar-refractivity contribution >= 4 is 5.78 Å². The third-order valence-corrected chi connectivity index (χ3v) is 2.70. The second kappa shape index (κ2) is 4.02. The maximum absolute atomic E-state index is 11.9. The molecule has 1 aliphatic rings. The van der Waals surface area contributed by atoms with E-state index in [-0.39, 0.29) is 23.1 Å². The van der Waals surface area contributed by atoms with Gasteiger partial charge in [0.25, 0.3) is 0 Å². The SMILES string of the molecule is O=C(c1c(O)cc(O)cc1O)C1CCCN1. The lowest BCUT2D eigenvalue weighted by molar-refractivity contribution is 0.0947. The summed E-state index contributed by atoms with van der Waals surface area (Å²) in [7, 11) is 0. The summed E-state index contributed by atoms with van der Waals surface area (Å²) >= 11 is 0. The maximum atomic E-state index is 11.9. The number of hydrogen-bond donors (Lipinski definition) is 4. The average Bonchev–Trinajstić information content (AvgIpc) is 2.67. The van der Waals surface area contributed by atoms with E-state index in [1.807, 2.05) is 0 Å². The van der Waals surface area contributed by atoms with Crippen LogP contribution in [0.25, 0.3) is 0 Å². The Morgan fingerprint density at radius 2 is 1.88 bits per heavy atom. The zero-order valence-electron chi connectivity index (χ0n) is 8.60. The van der Waals surface area contributed by atoms with Gasteiger partial charge in [-0.3, -0.25) is 4.79 Å². The Labute approximate surface area is 92.3 Å². The molecule has 1 heterocycles. The van der Waals surface area contributed by atoms with E-state index in [4.69, 9.17) is 5.11 Å². The third-order valence-electron chi connectivity index (χ3n) is 2.70. The fraction of sp³-hybridized carbons (Fsp3) is 0.364. The van der Waals surface area contributed by atoms with E-state index in [2.05, 4.69) is 5.32 Å². The molecular weight excluding hydrogens is 210 g/mol. The van der Waals surface area contributed by atoms with E-state index in [0.717, 1.165) is 25.1 Å². The summed E-state index contributed by atoms with van der Waals surface area (Å²) in [6.07, 6.45) is 1.59. The number of ketones is 1. The molecule has 0 radical (unpaired) electrons. The predicted octanol–water partition coefficient (Wildman–Crippen LogP) is 0.738. The highest BCUT2D eigenvalue weighted by atomic mass is 16.3. The molecule has 1 fully saturated rings. The Kier molecular flexibility index (Phi) is 2.70. The molecule has 1 saturated heterocycles. The van der Waals surface area contributed by atoms with Gasteiger partial charge in [-0.25, -0.2) is 0 Å². The predicted molar refractivity (Wildman–Crippen MR) is 56.8 cm³/mol. The fourth-order valence-corrected chi connectivity index (χ4v) is 1.93. The Morgan fingerprint density at radius 3 is 2.38 bits per heavy atom. The normalized spacial score (nSPS) is 19.9. The van der Waals surface area contributed by atoms with Crippen LogP contribution in [0.3, 0.4) is 0 Å². The van der Waals surface area contributed by atoms with Crippen molar-refractivity contribution in [3.05, 3.63) is 17.7 Å². The van der Waals surface area contributed by atoms with Gasteiger partial charge in [0.15, 0.2) is 5.78 Å². The monoisotopic (exact) mass is 223 g/mol. The second-order valence-corrected chi connectivity index (χ2v) is 3.87. The molecule has 0 spiro atoms. The zero-order valence-corrected chi connectivity index (χ0v) is 8.60. The van der Waals surface area contributed by atoms with Crippen molar-refractivity contribution in [3.8, 4) is 17.2 Å². The van der Waals surface area contributed by atoms with Crippen molar-refractivity contribution in [1.82, 2.24) is 5.32 Å². The van der Waals surface area contributed by atoms with Crippen LogP contribution in [-0.2, 0) is 0 Å². The van der Waals surface area contributed by atoms with Crippen LogP contribution in [-0.4, -0.2) is 33.7 Å². The van der Waals surface area contributed by atoms with E-state index >= 15 is 0 Å². The van der Waals surface area contributed by atoms with Gasteiger partial charge in [-0.2, -0.15) is 0 Å². The molecule has 0 aliphatic carbocycles. The average molecular weight is 223 g/mol. The summed E-state index contributed by atoms with van der Waals surface area (Å²) in [5, 5.41) is 31.2. The van der Waals surface area contributed by atoms with Gasteiger partial charge in [0.05, 0.1) is 6.04 Å². The van der Waals surface area contributed by atoms with Crippen molar-refractivity contribution in [2.45, 2.75) is 18.9 Å². The molecule has 5 heteroatoms. The topological polar surface area (TPSA) is 89.8 Å². The molecule has 1 aliphatic heterocycles. The lowest BCUT2D eigenvalue weighted by Crippen LogP contribution is -2.30. The molecule has 0 saturated carbocycles. The number of phenolic OH excluding ortho intramolecular Hbond substituents is 3. The molecule has 16 heavy (non-hydrogen) atoms. The lowest BCUT2D eigenvalue weighted by atomic mass is 10.0. The molecule has 1 aromatic carbocycles. The highest BCUT2D eigenvalue weighted by molar-refractivity contribution is 6.04. The first kappa shape index (κ1) is 10.8. The van der Waals surface area contributed by atoms with Crippen molar-refractivity contribution < 1.29 is 20.1 Å². The van der Waals surface area contributed by atoms with Crippen LogP contribution in [0, 0.1) is 0 Å². The summed E-state index contributed by atoms with van der Waals surface area (Å²) in [4.78, 5) is 11.9. The van der Waals surface area contributed by atoms with E-state index < -0.39 is 11.5 Å². The van der Waals surface area contributed by atoms with Gasteiger partial charge in [-0.1, -0.05) is 0 Å². The molecule has 86 valence electrons. The Balaban J connectivity index is 2.35. The van der Waals surface area contributed by atoms with Crippen LogP contribution < -0.4 is 5.32 Å². The molecule has 0 amide bonds. The number of carbonyl (C=O) groups is 1. The van der Waals surface area contributed by atoms with E-state index in [1.54, 1.807) is 0 Å². The molecule has 1 unspecified atom stereocenters. The van der Waals surface area contributed by atoms with Crippen molar-refractivity contribution in [1.29, 1.82) is 0 Å². The van der Waals surface area contributed by atoms with Crippen LogP contribution in [0.1, 0.15) is 23.2 Å². The van der Waals surface area contributed by atoms with Crippen molar-refractivity contribution in [2.24, 2.45) is 0 Å².